The highest BCUT2D eigenvalue weighted by atomic mass is 79.9. The molecule has 0 amide bonds. The van der Waals surface area contributed by atoms with Gasteiger partial charge in [-0.25, -0.2) is 0 Å². The van der Waals surface area contributed by atoms with Crippen molar-refractivity contribution in [3.05, 3.63) is 23.8 Å². The molecule has 1 fully saturated rings. The minimum Gasteiger partial charge on any atom is -0.541 e. The maximum Gasteiger partial charge on any atom is 0.250 e. The number of hydrogen-bond acceptors (Lipinski definition) is 4. The minimum atomic E-state index is -2.15. The van der Waals surface area contributed by atoms with Crippen molar-refractivity contribution in [3.63, 3.8) is 0 Å². The molecular weight excluding hydrogens is 512 g/mol. The van der Waals surface area contributed by atoms with Crippen molar-refractivity contribution in [1.29, 1.82) is 0 Å². The third-order valence-corrected chi connectivity index (χ3v) is 18.3. The van der Waals surface area contributed by atoms with E-state index in [9.17, 15) is 4.79 Å². The molecule has 0 heterocycles. The van der Waals surface area contributed by atoms with E-state index >= 15 is 0 Å². The lowest BCUT2D eigenvalue weighted by atomic mass is 9.69. The standard InChI is InChI=1S/C26H45BrO4Si2/c1-24(2,3)32(8,9)30-19-15-16-26(18-28,22(27)17-19)20-13-12-14-21(29-7)23(20)31-33(10,11)25(4,5)6/h12-14,18-19,22H,15-17H2,1-11H3/t19-,22+,26+/m0/s1. The van der Waals surface area contributed by atoms with Crippen LogP contribution < -0.4 is 9.16 Å². The molecule has 0 radical (unpaired) electrons. The van der Waals surface area contributed by atoms with Gasteiger partial charge in [0.05, 0.1) is 12.5 Å². The first-order chi connectivity index (χ1) is 14.9. The second kappa shape index (κ2) is 9.78. The number of rotatable bonds is 7. The first-order valence-electron chi connectivity index (χ1n) is 12.1. The van der Waals surface area contributed by atoms with Gasteiger partial charge in [-0.3, -0.25) is 0 Å². The number of ether oxygens (including phenoxy) is 1. The predicted octanol–water partition coefficient (Wildman–Crippen LogP) is 7.85. The molecule has 4 nitrogen and oxygen atoms in total. The quantitative estimate of drug-likeness (QED) is 0.195. The van der Waals surface area contributed by atoms with E-state index < -0.39 is 22.0 Å². The van der Waals surface area contributed by atoms with Crippen LogP contribution in [0.5, 0.6) is 11.5 Å². The van der Waals surface area contributed by atoms with E-state index in [1.807, 2.05) is 18.2 Å². The maximum absolute atomic E-state index is 12.8. The average molecular weight is 558 g/mol. The number of carbonyl (C=O) groups excluding carboxylic acids is 1. The van der Waals surface area contributed by atoms with Crippen LogP contribution >= 0.6 is 15.9 Å². The summed E-state index contributed by atoms with van der Waals surface area (Å²) in [7, 11) is -2.37. The van der Waals surface area contributed by atoms with Gasteiger partial charge in [0.25, 0.3) is 8.32 Å². The van der Waals surface area contributed by atoms with E-state index in [1.54, 1.807) is 7.11 Å². The van der Waals surface area contributed by atoms with Gasteiger partial charge >= 0.3 is 0 Å². The molecule has 1 aromatic carbocycles. The summed E-state index contributed by atoms with van der Waals surface area (Å²) in [6.07, 6.45) is 3.64. The van der Waals surface area contributed by atoms with E-state index in [-0.39, 0.29) is 21.0 Å². The number of carbonyl (C=O) groups is 1. The van der Waals surface area contributed by atoms with E-state index in [1.165, 1.54) is 0 Å². The summed E-state index contributed by atoms with van der Waals surface area (Å²) in [5.74, 6) is 1.42. The van der Waals surface area contributed by atoms with Gasteiger partial charge in [-0.2, -0.15) is 0 Å². The topological polar surface area (TPSA) is 44.8 Å². The van der Waals surface area contributed by atoms with Gasteiger partial charge in [0, 0.05) is 16.5 Å². The number of aldehydes is 1. The van der Waals surface area contributed by atoms with Gasteiger partial charge in [-0.15, -0.1) is 0 Å². The van der Waals surface area contributed by atoms with Crippen LogP contribution in [0.15, 0.2) is 18.2 Å². The molecule has 0 unspecified atom stereocenters. The molecule has 188 valence electrons. The Labute approximate surface area is 212 Å². The molecule has 1 aromatic rings. The fourth-order valence-corrected chi connectivity index (χ4v) is 7.30. The highest BCUT2D eigenvalue weighted by Gasteiger charge is 2.49. The molecule has 0 aliphatic heterocycles. The Morgan fingerprint density at radius 3 is 2.06 bits per heavy atom. The van der Waals surface area contributed by atoms with Crippen molar-refractivity contribution in [2.45, 2.75) is 113 Å². The van der Waals surface area contributed by atoms with E-state index in [0.717, 1.165) is 30.4 Å². The molecule has 1 aliphatic carbocycles. The Kier molecular flexibility index (Phi) is 8.48. The zero-order valence-electron chi connectivity index (χ0n) is 22.6. The average Bonchev–Trinajstić information content (AvgIpc) is 2.66. The highest BCUT2D eigenvalue weighted by Crippen LogP contribution is 2.51. The number of halogens is 1. The molecule has 1 aliphatic rings. The second-order valence-corrected chi connectivity index (χ2v) is 23.2. The van der Waals surface area contributed by atoms with Crippen molar-refractivity contribution in [2.75, 3.05) is 7.11 Å². The molecule has 0 bridgehead atoms. The van der Waals surface area contributed by atoms with Crippen LogP contribution in [0.2, 0.25) is 36.3 Å². The molecule has 0 spiro atoms. The van der Waals surface area contributed by atoms with Gasteiger partial charge in [-0.05, 0) is 61.6 Å². The van der Waals surface area contributed by atoms with E-state index in [0.29, 0.717) is 12.2 Å². The van der Waals surface area contributed by atoms with Gasteiger partial charge in [0.15, 0.2) is 19.8 Å². The molecule has 3 atom stereocenters. The lowest BCUT2D eigenvalue weighted by Gasteiger charge is -2.46. The Morgan fingerprint density at radius 2 is 1.61 bits per heavy atom. The smallest absolute Gasteiger partial charge is 0.250 e. The van der Waals surface area contributed by atoms with Crippen LogP contribution in [0.4, 0.5) is 0 Å². The number of benzene rings is 1. The second-order valence-electron chi connectivity index (χ2n) is 12.6. The summed E-state index contributed by atoms with van der Waals surface area (Å²) in [5, 5.41) is 0.187. The van der Waals surface area contributed by atoms with Crippen LogP contribution in [0.25, 0.3) is 0 Å². The molecule has 0 saturated heterocycles. The molecule has 2 rings (SSSR count). The van der Waals surface area contributed by atoms with E-state index in [2.05, 4.69) is 83.7 Å². The van der Waals surface area contributed by atoms with Crippen LogP contribution in [0, 0.1) is 0 Å². The summed E-state index contributed by atoms with van der Waals surface area (Å²) in [6.45, 7) is 22.5. The third kappa shape index (κ3) is 5.79. The predicted molar refractivity (Wildman–Crippen MR) is 147 cm³/mol. The molecule has 33 heavy (non-hydrogen) atoms. The molecule has 1 saturated carbocycles. The normalized spacial score (nSPS) is 25.0. The summed E-state index contributed by atoms with van der Waals surface area (Å²) in [4.78, 5) is 12.8. The number of methoxy groups -OCH3 is 1. The van der Waals surface area contributed by atoms with Crippen LogP contribution in [0.1, 0.15) is 66.4 Å². The number of para-hydroxylation sites is 1. The van der Waals surface area contributed by atoms with Crippen molar-refractivity contribution >= 4 is 38.9 Å². The Hall–Kier alpha value is -0.636. The maximum atomic E-state index is 12.8. The third-order valence-electron chi connectivity index (χ3n) is 8.25. The lowest BCUT2D eigenvalue weighted by Crippen LogP contribution is -2.50. The molecule has 0 aromatic heterocycles. The summed E-state index contributed by atoms with van der Waals surface area (Å²) >= 11 is 3.93. The molecular formula is C26H45BrO4Si2. The number of hydrogen-bond donors (Lipinski definition) is 0. The van der Waals surface area contributed by atoms with E-state index in [4.69, 9.17) is 13.6 Å². The molecule has 7 heteroatoms. The Balaban J connectivity index is 2.46. The zero-order chi connectivity index (χ0) is 25.5. The van der Waals surface area contributed by atoms with Crippen LogP contribution in [-0.4, -0.2) is 41.0 Å². The fraction of sp³-hybridized carbons (Fsp3) is 0.731. The summed E-state index contributed by atoms with van der Waals surface area (Å²) in [5.41, 5.74) is 0.244. The van der Waals surface area contributed by atoms with Crippen molar-refractivity contribution in [1.82, 2.24) is 0 Å². The van der Waals surface area contributed by atoms with Gasteiger partial charge < -0.3 is 18.4 Å². The first-order valence-corrected chi connectivity index (χ1v) is 18.8. The Bertz CT molecular complexity index is 842. The zero-order valence-corrected chi connectivity index (χ0v) is 26.2. The number of alkyl halides is 1. The van der Waals surface area contributed by atoms with Crippen molar-refractivity contribution in [3.8, 4) is 11.5 Å². The summed E-state index contributed by atoms with van der Waals surface area (Å²) < 4.78 is 19.3. The van der Waals surface area contributed by atoms with Gasteiger partial charge in [0.2, 0.25) is 0 Å². The van der Waals surface area contributed by atoms with Gasteiger partial charge in [-0.1, -0.05) is 69.6 Å². The summed E-state index contributed by atoms with van der Waals surface area (Å²) in [6, 6.07) is 5.94. The highest BCUT2D eigenvalue weighted by molar-refractivity contribution is 9.09. The fourth-order valence-electron chi connectivity index (χ4n) is 3.87. The van der Waals surface area contributed by atoms with Crippen LogP contribution in [0.3, 0.4) is 0 Å². The lowest BCUT2D eigenvalue weighted by molar-refractivity contribution is -0.114. The minimum absolute atomic E-state index is 0.0297. The van der Waals surface area contributed by atoms with Crippen molar-refractivity contribution < 1.29 is 18.4 Å². The largest absolute Gasteiger partial charge is 0.541 e. The van der Waals surface area contributed by atoms with Gasteiger partial charge in [0.1, 0.15) is 6.29 Å². The SMILES string of the molecule is COc1cccc([C@]2(C=O)CC[C@H](O[Si](C)(C)C(C)(C)C)C[C@H]2Br)c1O[Si](C)(C)C(C)(C)C. The first kappa shape index (κ1) is 28.6. The van der Waals surface area contributed by atoms with Crippen LogP contribution in [-0.2, 0) is 14.6 Å². The monoisotopic (exact) mass is 556 g/mol. The Morgan fingerprint density at radius 1 is 1.03 bits per heavy atom. The van der Waals surface area contributed by atoms with Crippen molar-refractivity contribution in [2.24, 2.45) is 0 Å². The molecule has 0 N–H and O–H groups in total.